The minimum absolute atomic E-state index is 0.135. The molecule has 3 rings (SSSR count). The minimum Gasteiger partial charge on any atom is -0.373 e. The van der Waals surface area contributed by atoms with Crippen molar-refractivity contribution >= 4 is 17.6 Å². The second-order valence-corrected chi connectivity index (χ2v) is 6.64. The topological polar surface area (TPSA) is 84.6 Å². The van der Waals surface area contributed by atoms with Crippen LogP contribution in [0.3, 0.4) is 0 Å². The molecule has 0 amide bonds. The molecule has 2 N–H and O–H groups in total. The van der Waals surface area contributed by atoms with Crippen LogP contribution in [0, 0.1) is 0 Å². The van der Waals surface area contributed by atoms with E-state index in [2.05, 4.69) is 32.7 Å². The first kappa shape index (κ1) is 17.7. The molecule has 1 aromatic heterocycles. The number of benzene rings is 1. The van der Waals surface area contributed by atoms with E-state index in [1.165, 1.54) is 0 Å². The quantitative estimate of drug-likeness (QED) is 0.627. The molecule has 1 aromatic carbocycles. The summed E-state index contributed by atoms with van der Waals surface area (Å²) in [6, 6.07) is 7.30. The van der Waals surface area contributed by atoms with E-state index in [0.29, 0.717) is 35.8 Å². The van der Waals surface area contributed by atoms with Crippen molar-refractivity contribution in [1.29, 1.82) is 0 Å². The van der Waals surface area contributed by atoms with E-state index in [1.54, 1.807) is 19.2 Å². The summed E-state index contributed by atoms with van der Waals surface area (Å²) in [6.07, 6.45) is 2.14. The predicted octanol–water partition coefficient (Wildman–Crippen LogP) is 2.62. The molecule has 7 nitrogen and oxygen atoms in total. The third kappa shape index (κ3) is 4.70. The lowest BCUT2D eigenvalue weighted by Gasteiger charge is -2.24. The monoisotopic (exact) mass is 363 g/mol. The van der Waals surface area contributed by atoms with Crippen molar-refractivity contribution in [2.75, 3.05) is 20.2 Å². The van der Waals surface area contributed by atoms with Gasteiger partial charge in [-0.2, -0.15) is 4.98 Å². The molecular weight excluding hydrogens is 342 g/mol. The van der Waals surface area contributed by atoms with Crippen molar-refractivity contribution in [3.63, 3.8) is 0 Å². The van der Waals surface area contributed by atoms with Crippen LogP contribution in [-0.4, -0.2) is 41.9 Å². The zero-order valence-electron chi connectivity index (χ0n) is 14.4. The molecule has 1 atom stereocenters. The van der Waals surface area contributed by atoms with Crippen molar-refractivity contribution in [3.8, 4) is 11.4 Å². The highest BCUT2D eigenvalue weighted by molar-refractivity contribution is 6.30. The lowest BCUT2D eigenvalue weighted by atomic mass is 10.0. The average Bonchev–Trinajstić information content (AvgIpc) is 3.25. The summed E-state index contributed by atoms with van der Waals surface area (Å²) in [5.74, 6) is 1.68. The molecule has 1 fully saturated rings. The zero-order chi connectivity index (χ0) is 17.7. The van der Waals surface area contributed by atoms with Gasteiger partial charge >= 0.3 is 0 Å². The van der Waals surface area contributed by atoms with Gasteiger partial charge in [0, 0.05) is 30.8 Å². The van der Waals surface area contributed by atoms with E-state index >= 15 is 0 Å². The Labute approximate surface area is 151 Å². The Hall–Kier alpha value is -2.12. The number of aliphatic imine (C=N–C) groups is 1. The van der Waals surface area contributed by atoms with E-state index in [0.717, 1.165) is 25.0 Å². The smallest absolute Gasteiger partial charge is 0.246 e. The summed E-state index contributed by atoms with van der Waals surface area (Å²) in [5.41, 5.74) is 0.720. The first-order valence-corrected chi connectivity index (χ1v) is 8.63. The molecular formula is C17H22ClN5O2. The summed E-state index contributed by atoms with van der Waals surface area (Å²) in [6.45, 7) is 4.01. The van der Waals surface area contributed by atoms with Crippen LogP contribution in [0.2, 0.25) is 5.02 Å². The fourth-order valence-electron chi connectivity index (χ4n) is 2.67. The number of hydrogen-bond acceptors (Lipinski definition) is 5. The highest BCUT2D eigenvalue weighted by Gasteiger charge is 2.29. The number of aromatic nitrogens is 2. The van der Waals surface area contributed by atoms with Crippen LogP contribution in [0.4, 0.5) is 0 Å². The second-order valence-electron chi connectivity index (χ2n) is 6.20. The molecule has 0 radical (unpaired) electrons. The summed E-state index contributed by atoms with van der Waals surface area (Å²) < 4.78 is 11.0. The normalized spacial score (nSPS) is 20.7. The maximum Gasteiger partial charge on any atom is 0.246 e. The van der Waals surface area contributed by atoms with E-state index in [9.17, 15) is 0 Å². The molecule has 0 spiro atoms. The van der Waals surface area contributed by atoms with Crippen molar-refractivity contribution in [2.45, 2.75) is 31.9 Å². The van der Waals surface area contributed by atoms with Crippen LogP contribution < -0.4 is 10.6 Å². The summed E-state index contributed by atoms with van der Waals surface area (Å²) in [4.78, 5) is 8.58. The highest BCUT2D eigenvalue weighted by atomic mass is 35.5. The number of ether oxygens (including phenoxy) is 1. The molecule has 1 aliphatic heterocycles. The van der Waals surface area contributed by atoms with Gasteiger partial charge < -0.3 is 19.9 Å². The number of halogens is 1. The zero-order valence-corrected chi connectivity index (χ0v) is 15.1. The molecule has 2 heterocycles. The van der Waals surface area contributed by atoms with Gasteiger partial charge in [-0.15, -0.1) is 0 Å². The van der Waals surface area contributed by atoms with Crippen LogP contribution in [0.15, 0.2) is 33.8 Å². The maximum absolute atomic E-state index is 5.89. The van der Waals surface area contributed by atoms with Gasteiger partial charge in [-0.05, 0) is 44.0 Å². The Morgan fingerprint density at radius 1 is 1.32 bits per heavy atom. The predicted molar refractivity (Wildman–Crippen MR) is 96.5 cm³/mol. The Morgan fingerprint density at radius 2 is 2.12 bits per heavy atom. The largest absolute Gasteiger partial charge is 0.373 e. The van der Waals surface area contributed by atoms with Crippen LogP contribution >= 0.6 is 11.6 Å². The number of nitrogens with one attached hydrogen (secondary N) is 2. The Bertz CT molecular complexity index is 723. The third-order valence-electron chi connectivity index (χ3n) is 4.13. The molecule has 0 saturated carbocycles. The van der Waals surface area contributed by atoms with E-state index < -0.39 is 0 Å². The summed E-state index contributed by atoms with van der Waals surface area (Å²) in [7, 11) is 1.72. The Kier molecular flexibility index (Phi) is 5.55. The molecule has 1 saturated heterocycles. The number of hydrogen-bond donors (Lipinski definition) is 2. The molecule has 1 unspecified atom stereocenters. The van der Waals surface area contributed by atoms with Crippen molar-refractivity contribution < 1.29 is 9.26 Å². The first-order valence-electron chi connectivity index (χ1n) is 8.25. The second kappa shape index (κ2) is 7.84. The number of guanidine groups is 1. The highest BCUT2D eigenvalue weighted by Crippen LogP contribution is 2.23. The van der Waals surface area contributed by atoms with Crippen LogP contribution in [-0.2, 0) is 11.3 Å². The third-order valence-corrected chi connectivity index (χ3v) is 4.38. The van der Waals surface area contributed by atoms with Crippen LogP contribution in [0.5, 0.6) is 0 Å². The van der Waals surface area contributed by atoms with Crippen molar-refractivity contribution in [3.05, 3.63) is 35.2 Å². The summed E-state index contributed by atoms with van der Waals surface area (Å²) >= 11 is 5.89. The minimum atomic E-state index is -0.135. The molecule has 0 aliphatic carbocycles. The van der Waals surface area contributed by atoms with Gasteiger partial charge in [-0.3, -0.25) is 4.99 Å². The van der Waals surface area contributed by atoms with Crippen LogP contribution in [0.1, 0.15) is 25.7 Å². The standard InChI is InChI=1S/C17H22ClN5O2/c1-17(8-3-9-24-17)11-21-16(19-2)20-10-14-22-15(23-25-14)12-4-6-13(18)7-5-12/h4-7H,3,8-11H2,1-2H3,(H2,19,20,21). The maximum atomic E-state index is 5.89. The van der Waals surface area contributed by atoms with E-state index in [1.807, 2.05) is 12.1 Å². The first-order chi connectivity index (χ1) is 12.1. The van der Waals surface area contributed by atoms with E-state index in [4.69, 9.17) is 20.9 Å². The molecule has 8 heteroatoms. The molecule has 0 bridgehead atoms. The Balaban J connectivity index is 1.53. The van der Waals surface area contributed by atoms with Gasteiger partial charge in [0.2, 0.25) is 11.7 Å². The van der Waals surface area contributed by atoms with Crippen LogP contribution in [0.25, 0.3) is 11.4 Å². The SMILES string of the molecule is CN=C(NCc1nc(-c2ccc(Cl)cc2)no1)NCC1(C)CCCO1. The lowest BCUT2D eigenvalue weighted by molar-refractivity contribution is 0.0242. The fraction of sp³-hybridized carbons (Fsp3) is 0.471. The van der Waals surface area contributed by atoms with Gasteiger partial charge in [0.05, 0.1) is 12.1 Å². The van der Waals surface area contributed by atoms with Gasteiger partial charge in [0.15, 0.2) is 5.96 Å². The fourth-order valence-corrected chi connectivity index (χ4v) is 2.80. The molecule has 134 valence electrons. The van der Waals surface area contributed by atoms with Gasteiger partial charge in [-0.1, -0.05) is 16.8 Å². The van der Waals surface area contributed by atoms with Gasteiger partial charge in [0.1, 0.15) is 0 Å². The molecule has 2 aromatic rings. The van der Waals surface area contributed by atoms with Gasteiger partial charge in [0.25, 0.3) is 0 Å². The molecule has 1 aliphatic rings. The summed E-state index contributed by atoms with van der Waals surface area (Å²) in [5, 5.41) is 11.1. The van der Waals surface area contributed by atoms with Crippen molar-refractivity contribution in [2.24, 2.45) is 4.99 Å². The van der Waals surface area contributed by atoms with E-state index in [-0.39, 0.29) is 5.60 Å². The van der Waals surface area contributed by atoms with Gasteiger partial charge in [-0.25, -0.2) is 0 Å². The average molecular weight is 364 g/mol. The lowest BCUT2D eigenvalue weighted by Crippen LogP contribution is -2.45. The molecule has 25 heavy (non-hydrogen) atoms. The Morgan fingerprint density at radius 3 is 2.80 bits per heavy atom. The number of rotatable bonds is 5. The number of nitrogens with zero attached hydrogens (tertiary/aromatic N) is 3. The van der Waals surface area contributed by atoms with Crippen molar-refractivity contribution in [1.82, 2.24) is 20.8 Å².